The highest BCUT2D eigenvalue weighted by Crippen LogP contribution is 2.43. The molecule has 1 aromatic rings. The van der Waals surface area contributed by atoms with Crippen molar-refractivity contribution in [1.82, 2.24) is 4.90 Å². The summed E-state index contributed by atoms with van der Waals surface area (Å²) >= 11 is 1.25. The molecule has 0 bridgehead atoms. The van der Waals surface area contributed by atoms with Crippen LogP contribution in [0.4, 0.5) is 4.39 Å². The molecule has 5 heteroatoms. The topological polar surface area (TPSA) is 37.4 Å². The first-order valence-corrected chi connectivity index (χ1v) is 9.08. The van der Waals surface area contributed by atoms with Crippen LogP contribution in [0.1, 0.15) is 44.6 Å². The molecular weight excluding hydrogens is 313 g/mol. The number of nitrogens with zero attached hydrogens (tertiary/aromatic N) is 1. The molecule has 0 spiro atoms. The first-order valence-electron chi connectivity index (χ1n) is 8.20. The molecule has 1 saturated heterocycles. The van der Waals surface area contributed by atoms with Gasteiger partial charge in [-0.3, -0.25) is 9.59 Å². The Morgan fingerprint density at radius 3 is 2.70 bits per heavy atom. The lowest BCUT2D eigenvalue weighted by atomic mass is 9.78. The van der Waals surface area contributed by atoms with Gasteiger partial charge < -0.3 is 4.90 Å². The Morgan fingerprint density at radius 1 is 1.35 bits per heavy atom. The highest BCUT2D eigenvalue weighted by atomic mass is 32.2. The maximum atomic E-state index is 14.4. The lowest BCUT2D eigenvalue weighted by molar-refractivity contribution is -0.128. The van der Waals surface area contributed by atoms with Crippen molar-refractivity contribution in [2.45, 2.75) is 49.7 Å². The van der Waals surface area contributed by atoms with Crippen molar-refractivity contribution in [3.8, 4) is 0 Å². The molecule has 1 aliphatic heterocycles. The Morgan fingerprint density at radius 2 is 2.04 bits per heavy atom. The Balaban J connectivity index is 1.80. The van der Waals surface area contributed by atoms with E-state index in [1.54, 1.807) is 6.07 Å². The third kappa shape index (κ3) is 3.44. The summed E-state index contributed by atoms with van der Waals surface area (Å²) in [4.78, 5) is 25.4. The summed E-state index contributed by atoms with van der Waals surface area (Å²) in [6.45, 7) is 2.70. The van der Waals surface area contributed by atoms with E-state index in [0.717, 1.165) is 31.2 Å². The van der Waals surface area contributed by atoms with Crippen LogP contribution in [0.3, 0.4) is 0 Å². The maximum absolute atomic E-state index is 14.4. The summed E-state index contributed by atoms with van der Waals surface area (Å²) in [6, 6.07) is 6.96. The molecule has 1 atom stereocenters. The number of halogens is 1. The number of carbonyl (C=O) groups excluding carboxylic acids is 2. The van der Waals surface area contributed by atoms with Gasteiger partial charge in [0.1, 0.15) is 5.82 Å². The van der Waals surface area contributed by atoms with Gasteiger partial charge in [-0.1, -0.05) is 42.8 Å². The number of hydrogen-bond acceptors (Lipinski definition) is 3. The summed E-state index contributed by atoms with van der Waals surface area (Å²) in [5, 5.41) is 0.0911. The predicted octanol–water partition coefficient (Wildman–Crippen LogP) is 3.52. The number of benzene rings is 1. The summed E-state index contributed by atoms with van der Waals surface area (Å²) in [5.41, 5.74) is 0.476. The summed E-state index contributed by atoms with van der Waals surface area (Å²) in [7, 11) is 0. The van der Waals surface area contributed by atoms with Gasteiger partial charge in [0.15, 0.2) is 5.12 Å². The zero-order valence-corrected chi connectivity index (χ0v) is 14.2. The van der Waals surface area contributed by atoms with Crippen LogP contribution in [0.25, 0.3) is 0 Å². The van der Waals surface area contributed by atoms with Crippen molar-refractivity contribution >= 4 is 22.8 Å². The Bertz CT molecular complexity index is 613. The smallest absolute Gasteiger partial charge is 0.223 e. The Labute approximate surface area is 140 Å². The standard InChI is InChI=1S/C18H22FNO2S/c1-13(21)23-14-10-17(22)20(11-14)12-18(8-4-5-9-18)15-6-2-3-7-16(15)19/h2-3,6-7,14H,4-5,8-12H2,1H3. The fourth-order valence-corrected chi connectivity index (χ4v) is 4.97. The van der Waals surface area contributed by atoms with Crippen molar-refractivity contribution < 1.29 is 14.0 Å². The van der Waals surface area contributed by atoms with E-state index in [-0.39, 0.29) is 27.5 Å². The van der Waals surface area contributed by atoms with Gasteiger partial charge in [-0.25, -0.2) is 4.39 Å². The molecule has 2 aliphatic rings. The van der Waals surface area contributed by atoms with E-state index in [2.05, 4.69) is 0 Å². The van der Waals surface area contributed by atoms with Gasteiger partial charge in [0.2, 0.25) is 5.91 Å². The average molecular weight is 335 g/mol. The minimum absolute atomic E-state index is 0.0408. The number of carbonyl (C=O) groups is 2. The molecule has 0 radical (unpaired) electrons. The van der Waals surface area contributed by atoms with Gasteiger partial charge >= 0.3 is 0 Å². The van der Waals surface area contributed by atoms with Gasteiger partial charge in [-0.05, 0) is 24.5 Å². The maximum Gasteiger partial charge on any atom is 0.223 e. The normalized spacial score (nSPS) is 23.5. The van der Waals surface area contributed by atoms with Crippen LogP contribution in [0, 0.1) is 5.82 Å². The molecule has 1 aliphatic carbocycles. The first kappa shape index (κ1) is 16.5. The number of hydrogen-bond donors (Lipinski definition) is 0. The highest BCUT2D eigenvalue weighted by molar-refractivity contribution is 8.14. The fourth-order valence-electron chi connectivity index (χ4n) is 4.02. The second-order valence-corrected chi connectivity index (χ2v) is 8.15. The molecule has 3 rings (SSSR count). The molecule has 1 aromatic carbocycles. The molecule has 0 aromatic heterocycles. The second-order valence-electron chi connectivity index (χ2n) is 6.68. The van der Waals surface area contributed by atoms with Crippen LogP contribution in [-0.4, -0.2) is 34.3 Å². The molecule has 23 heavy (non-hydrogen) atoms. The van der Waals surface area contributed by atoms with Crippen LogP contribution in [0.5, 0.6) is 0 Å². The zero-order valence-electron chi connectivity index (χ0n) is 13.4. The largest absolute Gasteiger partial charge is 0.341 e. The van der Waals surface area contributed by atoms with Crippen LogP contribution in [-0.2, 0) is 15.0 Å². The van der Waals surface area contributed by atoms with Crippen molar-refractivity contribution in [2.75, 3.05) is 13.1 Å². The lowest BCUT2D eigenvalue weighted by Gasteiger charge is -2.34. The van der Waals surface area contributed by atoms with Crippen LogP contribution < -0.4 is 0 Å². The minimum atomic E-state index is -0.267. The molecule has 124 valence electrons. The van der Waals surface area contributed by atoms with E-state index in [1.165, 1.54) is 24.8 Å². The SMILES string of the molecule is CC(=O)SC1CC(=O)N(CC2(c3ccccc3F)CCCC2)C1. The van der Waals surface area contributed by atoms with E-state index in [1.807, 2.05) is 17.0 Å². The van der Waals surface area contributed by atoms with E-state index in [4.69, 9.17) is 0 Å². The van der Waals surface area contributed by atoms with Crippen LogP contribution in [0.15, 0.2) is 24.3 Å². The Hall–Kier alpha value is -1.36. The third-order valence-electron chi connectivity index (χ3n) is 5.01. The molecule has 1 amide bonds. The summed E-state index contributed by atoms with van der Waals surface area (Å²) in [5.74, 6) is -0.0814. The van der Waals surface area contributed by atoms with Gasteiger partial charge in [0.25, 0.3) is 0 Å². The molecular formula is C18H22FNO2S. The van der Waals surface area contributed by atoms with Crippen LogP contribution >= 0.6 is 11.8 Å². The monoisotopic (exact) mass is 335 g/mol. The molecule has 2 fully saturated rings. The average Bonchev–Trinajstić information content (AvgIpc) is 3.07. The summed E-state index contributed by atoms with van der Waals surface area (Å²) < 4.78 is 14.4. The van der Waals surface area contributed by atoms with Gasteiger partial charge in [0.05, 0.1) is 0 Å². The van der Waals surface area contributed by atoms with E-state index < -0.39 is 0 Å². The number of amides is 1. The van der Waals surface area contributed by atoms with Gasteiger partial charge in [-0.2, -0.15) is 0 Å². The van der Waals surface area contributed by atoms with Crippen LogP contribution in [0.2, 0.25) is 0 Å². The van der Waals surface area contributed by atoms with Gasteiger partial charge in [0, 0.05) is 37.1 Å². The summed E-state index contributed by atoms with van der Waals surface area (Å²) in [6.07, 6.45) is 4.39. The van der Waals surface area contributed by atoms with E-state index >= 15 is 0 Å². The number of likely N-dealkylation sites (tertiary alicyclic amines) is 1. The third-order valence-corrected chi connectivity index (χ3v) is 5.99. The number of thioether (sulfide) groups is 1. The molecule has 1 saturated carbocycles. The lowest BCUT2D eigenvalue weighted by Crippen LogP contribution is -2.40. The first-order chi connectivity index (χ1) is 11.0. The fraction of sp³-hybridized carbons (Fsp3) is 0.556. The van der Waals surface area contributed by atoms with Crippen molar-refractivity contribution in [3.63, 3.8) is 0 Å². The van der Waals surface area contributed by atoms with Crippen molar-refractivity contribution in [1.29, 1.82) is 0 Å². The van der Waals surface area contributed by atoms with Gasteiger partial charge in [-0.15, -0.1) is 0 Å². The quantitative estimate of drug-likeness (QED) is 0.845. The minimum Gasteiger partial charge on any atom is -0.341 e. The van der Waals surface area contributed by atoms with Crippen molar-refractivity contribution in [2.24, 2.45) is 0 Å². The molecule has 1 heterocycles. The predicted molar refractivity (Wildman–Crippen MR) is 89.8 cm³/mol. The zero-order chi connectivity index (χ0) is 16.4. The number of rotatable bonds is 4. The molecule has 3 nitrogen and oxygen atoms in total. The van der Waals surface area contributed by atoms with E-state index in [0.29, 0.717) is 19.5 Å². The molecule has 1 unspecified atom stereocenters. The van der Waals surface area contributed by atoms with E-state index in [9.17, 15) is 14.0 Å². The highest BCUT2D eigenvalue weighted by Gasteiger charge is 2.42. The second kappa shape index (κ2) is 6.63. The molecule has 0 N–H and O–H groups in total. The Kier molecular flexibility index (Phi) is 4.76. The van der Waals surface area contributed by atoms with Crippen molar-refractivity contribution in [3.05, 3.63) is 35.6 Å².